The van der Waals surface area contributed by atoms with Gasteiger partial charge in [0.1, 0.15) is 6.54 Å². The average molecular weight is 566 g/mol. The number of aliphatic carboxylic acids is 1. The maximum Gasteiger partial charge on any atom is 0.323 e. The molecule has 6 nitrogen and oxygen atoms in total. The van der Waals surface area contributed by atoms with E-state index in [-0.39, 0.29) is 25.4 Å². The lowest BCUT2D eigenvalue weighted by Gasteiger charge is -2.35. The fraction of sp³-hybridized carbons (Fsp3) is 0.444. The quantitative estimate of drug-likeness (QED) is 0.275. The van der Waals surface area contributed by atoms with Crippen molar-refractivity contribution in [3.63, 3.8) is 0 Å². The molecule has 1 N–H and O–H groups in total. The number of carbonyl (C=O) groups is 2. The number of aromatic nitrogens is 2. The Morgan fingerprint density at radius 3 is 2.12 bits per heavy atom. The molecular weight excluding hydrogens is 522 g/mol. The summed E-state index contributed by atoms with van der Waals surface area (Å²) in [5, 5.41) is 9.40. The number of hydrogen-bond donors (Lipinski definition) is 1. The SMILES string of the molecule is CC[C@H]1CC[C@H](C2CC=C(c3cnc(-c4ccc(CN(CC(=O)O)C(=O)Cc5ccc(C)cc5)cc4)nc3)CC2)CC1. The second-order valence-electron chi connectivity index (χ2n) is 12.3. The van der Waals surface area contributed by atoms with Gasteiger partial charge in [-0.2, -0.15) is 0 Å². The van der Waals surface area contributed by atoms with E-state index < -0.39 is 5.97 Å². The molecule has 0 aliphatic heterocycles. The summed E-state index contributed by atoms with van der Waals surface area (Å²) in [4.78, 5) is 35.2. The summed E-state index contributed by atoms with van der Waals surface area (Å²) in [6, 6.07) is 15.4. The van der Waals surface area contributed by atoms with Crippen LogP contribution < -0.4 is 0 Å². The van der Waals surface area contributed by atoms with Crippen LogP contribution in [0.1, 0.15) is 80.5 Å². The van der Waals surface area contributed by atoms with Gasteiger partial charge in [0.2, 0.25) is 5.91 Å². The maximum absolute atomic E-state index is 12.9. The van der Waals surface area contributed by atoms with Gasteiger partial charge < -0.3 is 10.0 Å². The molecule has 1 fully saturated rings. The Hall–Kier alpha value is -3.80. The fourth-order valence-electron chi connectivity index (χ4n) is 6.62. The third-order valence-corrected chi connectivity index (χ3v) is 9.35. The van der Waals surface area contributed by atoms with E-state index in [1.807, 2.05) is 67.8 Å². The summed E-state index contributed by atoms with van der Waals surface area (Å²) in [5.74, 6) is 2.10. The first-order valence-corrected chi connectivity index (χ1v) is 15.5. The van der Waals surface area contributed by atoms with Gasteiger partial charge in [0.15, 0.2) is 5.82 Å². The van der Waals surface area contributed by atoms with Crippen molar-refractivity contribution in [3.05, 3.63) is 89.3 Å². The second kappa shape index (κ2) is 13.9. The molecule has 1 heterocycles. The molecule has 1 atom stereocenters. The van der Waals surface area contributed by atoms with Crippen molar-refractivity contribution in [2.75, 3.05) is 6.54 Å². The van der Waals surface area contributed by atoms with E-state index in [4.69, 9.17) is 0 Å². The molecule has 0 bridgehead atoms. The van der Waals surface area contributed by atoms with Crippen molar-refractivity contribution in [2.45, 2.75) is 78.2 Å². The third kappa shape index (κ3) is 7.72. The smallest absolute Gasteiger partial charge is 0.323 e. The molecule has 6 heteroatoms. The second-order valence-corrected chi connectivity index (χ2v) is 12.3. The van der Waals surface area contributed by atoms with Gasteiger partial charge in [-0.3, -0.25) is 9.59 Å². The highest BCUT2D eigenvalue weighted by molar-refractivity contribution is 5.83. The topological polar surface area (TPSA) is 83.4 Å². The summed E-state index contributed by atoms with van der Waals surface area (Å²) in [7, 11) is 0. The summed E-state index contributed by atoms with van der Waals surface area (Å²) in [6.07, 6.45) is 17.0. The lowest BCUT2D eigenvalue weighted by Crippen LogP contribution is -2.36. The number of carboxylic acid groups (broad SMARTS) is 1. The number of rotatable bonds is 10. The number of carboxylic acids is 1. The molecule has 2 aliphatic rings. The highest BCUT2D eigenvalue weighted by Gasteiger charge is 2.28. The van der Waals surface area contributed by atoms with Crippen LogP contribution in [0.25, 0.3) is 17.0 Å². The van der Waals surface area contributed by atoms with Gasteiger partial charge in [-0.1, -0.05) is 86.4 Å². The van der Waals surface area contributed by atoms with E-state index in [2.05, 4.69) is 23.0 Å². The third-order valence-electron chi connectivity index (χ3n) is 9.35. The summed E-state index contributed by atoms with van der Waals surface area (Å²) < 4.78 is 0. The maximum atomic E-state index is 12.9. The van der Waals surface area contributed by atoms with E-state index in [9.17, 15) is 14.7 Å². The normalized spacial score (nSPS) is 20.5. The number of amides is 1. The number of allylic oxidation sites excluding steroid dienone is 2. The van der Waals surface area contributed by atoms with Crippen molar-refractivity contribution >= 4 is 17.4 Å². The molecule has 42 heavy (non-hydrogen) atoms. The molecule has 1 aromatic heterocycles. The number of carbonyl (C=O) groups excluding carboxylic acids is 1. The molecule has 1 saturated carbocycles. The van der Waals surface area contributed by atoms with Gasteiger partial charge in [0.05, 0.1) is 6.42 Å². The highest BCUT2D eigenvalue weighted by Crippen LogP contribution is 2.41. The Labute approximate surface area is 249 Å². The standard InChI is InChI=1S/C36H43N3O3/c1-3-26-8-12-29(13-9-26)30-16-18-31(19-17-30)33-21-37-36(38-22-33)32-14-10-28(11-15-32)23-39(24-35(41)42)34(40)20-27-6-4-25(2)5-7-27/h4-7,10-11,14-15,18,21-22,26,29-30H,3,8-9,12-13,16-17,19-20,23-24H2,1-2H3,(H,41,42)/t26-,29-,30?. The van der Waals surface area contributed by atoms with Crippen LogP contribution in [0.2, 0.25) is 0 Å². The van der Waals surface area contributed by atoms with Crippen LogP contribution in [0, 0.1) is 24.7 Å². The summed E-state index contributed by atoms with van der Waals surface area (Å²) in [5.41, 5.74) is 6.21. The van der Waals surface area contributed by atoms with Crippen molar-refractivity contribution in [3.8, 4) is 11.4 Å². The van der Waals surface area contributed by atoms with Crippen molar-refractivity contribution < 1.29 is 14.7 Å². The van der Waals surface area contributed by atoms with Gasteiger partial charge in [0.25, 0.3) is 0 Å². The van der Waals surface area contributed by atoms with Crippen LogP contribution in [0.4, 0.5) is 0 Å². The lowest BCUT2D eigenvalue weighted by atomic mass is 9.71. The minimum atomic E-state index is -1.03. The Bertz CT molecular complexity index is 1370. The predicted octanol–water partition coefficient (Wildman–Crippen LogP) is 7.51. The van der Waals surface area contributed by atoms with E-state index in [0.717, 1.165) is 52.0 Å². The Balaban J connectivity index is 1.18. The molecule has 1 amide bonds. The fourth-order valence-corrected chi connectivity index (χ4v) is 6.62. The minimum absolute atomic E-state index is 0.170. The zero-order valence-corrected chi connectivity index (χ0v) is 25.0. The molecule has 0 spiro atoms. The largest absolute Gasteiger partial charge is 0.480 e. The van der Waals surface area contributed by atoms with Crippen molar-refractivity contribution in [1.29, 1.82) is 0 Å². The van der Waals surface area contributed by atoms with Gasteiger partial charge in [0, 0.05) is 30.1 Å². The molecule has 0 radical (unpaired) electrons. The molecule has 2 aromatic carbocycles. The monoisotopic (exact) mass is 565 g/mol. The number of hydrogen-bond acceptors (Lipinski definition) is 4. The predicted molar refractivity (Wildman–Crippen MR) is 166 cm³/mol. The Morgan fingerprint density at radius 1 is 0.857 bits per heavy atom. The average Bonchev–Trinajstić information content (AvgIpc) is 3.02. The van der Waals surface area contributed by atoms with E-state index in [0.29, 0.717) is 5.82 Å². The summed E-state index contributed by atoms with van der Waals surface area (Å²) in [6.45, 7) is 4.21. The number of benzene rings is 2. The van der Waals surface area contributed by atoms with Gasteiger partial charge >= 0.3 is 5.97 Å². The van der Waals surface area contributed by atoms with E-state index >= 15 is 0 Å². The van der Waals surface area contributed by atoms with Gasteiger partial charge in [-0.05, 0) is 73.5 Å². The first-order chi connectivity index (χ1) is 20.4. The van der Waals surface area contributed by atoms with Crippen molar-refractivity contribution in [2.24, 2.45) is 17.8 Å². The van der Waals surface area contributed by atoms with Crippen LogP contribution in [-0.2, 0) is 22.6 Å². The lowest BCUT2D eigenvalue weighted by molar-refractivity contribution is -0.144. The van der Waals surface area contributed by atoms with Gasteiger partial charge in [-0.15, -0.1) is 0 Å². The van der Waals surface area contributed by atoms with Crippen LogP contribution in [0.3, 0.4) is 0 Å². The Morgan fingerprint density at radius 2 is 1.52 bits per heavy atom. The first kappa shape index (κ1) is 29.7. The van der Waals surface area contributed by atoms with Gasteiger partial charge in [-0.25, -0.2) is 9.97 Å². The van der Waals surface area contributed by atoms with Crippen molar-refractivity contribution in [1.82, 2.24) is 14.9 Å². The van der Waals surface area contributed by atoms with E-state index in [1.165, 1.54) is 55.4 Å². The zero-order chi connectivity index (χ0) is 29.5. The van der Waals surface area contributed by atoms with Crippen LogP contribution in [0.5, 0.6) is 0 Å². The molecule has 3 aromatic rings. The van der Waals surface area contributed by atoms with E-state index in [1.54, 1.807) is 0 Å². The Kier molecular flexibility index (Phi) is 9.83. The first-order valence-electron chi connectivity index (χ1n) is 15.5. The van der Waals surface area contributed by atoms with Crippen LogP contribution in [0.15, 0.2) is 67.0 Å². The molecule has 5 rings (SSSR count). The highest BCUT2D eigenvalue weighted by atomic mass is 16.4. The zero-order valence-electron chi connectivity index (χ0n) is 25.0. The summed E-state index contributed by atoms with van der Waals surface area (Å²) >= 11 is 0. The van der Waals surface area contributed by atoms with Crippen LogP contribution in [-0.4, -0.2) is 38.4 Å². The molecular formula is C36H43N3O3. The van der Waals surface area contributed by atoms with Crippen LogP contribution >= 0.6 is 0 Å². The molecule has 0 saturated heterocycles. The number of nitrogens with zero attached hydrogens (tertiary/aromatic N) is 3. The molecule has 220 valence electrons. The number of aryl methyl sites for hydroxylation is 1. The molecule has 2 aliphatic carbocycles. The molecule has 1 unspecified atom stereocenters. The minimum Gasteiger partial charge on any atom is -0.480 e.